The quantitative estimate of drug-likeness (QED) is 0.848. The molecule has 0 spiro atoms. The van der Waals surface area contributed by atoms with Crippen LogP contribution in [0.5, 0.6) is 0 Å². The van der Waals surface area contributed by atoms with Crippen molar-refractivity contribution in [2.24, 2.45) is 11.7 Å². The summed E-state index contributed by atoms with van der Waals surface area (Å²) in [6.45, 7) is 9.25. The summed E-state index contributed by atoms with van der Waals surface area (Å²) in [5.41, 5.74) is 11.1. The van der Waals surface area contributed by atoms with Crippen molar-refractivity contribution in [3.05, 3.63) is 46.5 Å². The normalized spacial score (nSPS) is 25.8. The van der Waals surface area contributed by atoms with Crippen LogP contribution in [0.15, 0.2) is 24.3 Å². The predicted molar refractivity (Wildman–Crippen MR) is 96.2 cm³/mol. The van der Waals surface area contributed by atoms with Crippen LogP contribution in [0.4, 0.5) is 9.18 Å². The van der Waals surface area contributed by atoms with Crippen molar-refractivity contribution in [3.63, 3.8) is 0 Å². The number of carbonyl (C=O) groups is 1. The molecule has 136 valence electrons. The number of alkyl halides is 1. The maximum Gasteiger partial charge on any atom is 0.404 e. The highest BCUT2D eigenvalue weighted by Gasteiger charge is 2.40. The van der Waals surface area contributed by atoms with E-state index in [1.165, 1.54) is 22.3 Å². The predicted octanol–water partition coefficient (Wildman–Crippen LogP) is 3.60. The molecule has 25 heavy (non-hydrogen) atoms. The first kappa shape index (κ1) is 17.9. The molecular weight excluding hydrogens is 319 g/mol. The number of benzene rings is 1. The van der Waals surface area contributed by atoms with Gasteiger partial charge >= 0.3 is 6.09 Å². The van der Waals surface area contributed by atoms with E-state index < -0.39 is 12.8 Å². The van der Waals surface area contributed by atoms with Crippen LogP contribution >= 0.6 is 0 Å². The van der Waals surface area contributed by atoms with Gasteiger partial charge in [-0.05, 0) is 54.5 Å². The van der Waals surface area contributed by atoms with Gasteiger partial charge in [-0.15, -0.1) is 0 Å². The number of fused-ring (bicyclic) bond motifs is 3. The fourth-order valence-corrected chi connectivity index (χ4v) is 4.28. The fourth-order valence-electron chi connectivity index (χ4n) is 4.28. The summed E-state index contributed by atoms with van der Waals surface area (Å²) >= 11 is 0. The van der Waals surface area contributed by atoms with Crippen LogP contribution in [-0.2, 0) is 11.2 Å². The standard InChI is InChI=1S/C20H27FN2O2/c1-12(10-21)6-16-11-23-5-4-15-7-13(2)14(3)8-17(15)18(23)9-19(16)25-20(22)24/h7-8,16,18-19H,1,4-6,9-11H2,2-3H3,(H2,22,24)/t16-,18-,19-/m0/s1. The number of hydrogen-bond donors (Lipinski definition) is 1. The molecule has 0 bridgehead atoms. The first-order valence-electron chi connectivity index (χ1n) is 8.91. The minimum atomic E-state index is -0.759. The Morgan fingerprint density at radius 2 is 2.12 bits per heavy atom. The Labute approximate surface area is 148 Å². The highest BCUT2D eigenvalue weighted by Crippen LogP contribution is 2.41. The average molecular weight is 346 g/mol. The molecule has 1 fully saturated rings. The van der Waals surface area contributed by atoms with Gasteiger partial charge in [-0.3, -0.25) is 4.90 Å². The molecule has 2 aliphatic rings. The largest absolute Gasteiger partial charge is 0.446 e. The minimum Gasteiger partial charge on any atom is -0.446 e. The molecule has 3 atom stereocenters. The molecule has 0 aliphatic carbocycles. The van der Waals surface area contributed by atoms with Gasteiger partial charge in [0.2, 0.25) is 0 Å². The van der Waals surface area contributed by atoms with Gasteiger partial charge < -0.3 is 10.5 Å². The summed E-state index contributed by atoms with van der Waals surface area (Å²) in [5.74, 6) is 0.0418. The van der Waals surface area contributed by atoms with Crippen molar-refractivity contribution >= 4 is 6.09 Å². The van der Waals surface area contributed by atoms with Gasteiger partial charge in [-0.2, -0.15) is 0 Å². The molecule has 0 aromatic heterocycles. The first-order valence-corrected chi connectivity index (χ1v) is 8.91. The highest BCUT2D eigenvalue weighted by molar-refractivity contribution is 5.64. The Bertz CT molecular complexity index is 689. The van der Waals surface area contributed by atoms with Crippen LogP contribution in [0.2, 0.25) is 0 Å². The van der Waals surface area contributed by atoms with Crippen LogP contribution in [0.1, 0.15) is 41.1 Å². The number of nitrogens with two attached hydrogens (primary N) is 1. The second kappa shape index (κ2) is 7.16. The molecule has 5 heteroatoms. The molecule has 1 aromatic carbocycles. The van der Waals surface area contributed by atoms with Gasteiger partial charge in [-0.25, -0.2) is 9.18 Å². The van der Waals surface area contributed by atoms with E-state index in [0.717, 1.165) is 19.5 Å². The number of ether oxygens (including phenoxy) is 1. The molecule has 0 saturated carbocycles. The zero-order chi connectivity index (χ0) is 18.1. The smallest absolute Gasteiger partial charge is 0.404 e. The van der Waals surface area contributed by atoms with Gasteiger partial charge in [0.15, 0.2) is 0 Å². The van der Waals surface area contributed by atoms with Crippen LogP contribution in [-0.4, -0.2) is 36.9 Å². The van der Waals surface area contributed by atoms with E-state index in [4.69, 9.17) is 10.5 Å². The number of piperidine rings is 1. The Morgan fingerprint density at radius 3 is 2.80 bits per heavy atom. The third-order valence-electron chi connectivity index (χ3n) is 5.68. The SMILES string of the molecule is C=C(CF)C[C@H]1CN2CCc3cc(C)c(C)cc3[C@@H]2C[C@@H]1OC(N)=O. The topological polar surface area (TPSA) is 55.6 Å². The van der Waals surface area contributed by atoms with Crippen LogP contribution in [0.3, 0.4) is 0 Å². The molecule has 1 amide bonds. The third-order valence-corrected chi connectivity index (χ3v) is 5.68. The maximum absolute atomic E-state index is 12.9. The Hall–Kier alpha value is -1.88. The summed E-state index contributed by atoms with van der Waals surface area (Å²) in [6.07, 6.45) is 1.19. The van der Waals surface area contributed by atoms with Crippen molar-refractivity contribution in [1.29, 1.82) is 0 Å². The molecule has 4 nitrogen and oxygen atoms in total. The number of rotatable bonds is 4. The number of amides is 1. The molecule has 3 rings (SSSR count). The van der Waals surface area contributed by atoms with Crippen molar-refractivity contribution in [1.82, 2.24) is 4.90 Å². The number of carbonyl (C=O) groups excluding carboxylic acids is 1. The van der Waals surface area contributed by atoms with Crippen molar-refractivity contribution < 1.29 is 13.9 Å². The third kappa shape index (κ3) is 3.71. The van der Waals surface area contributed by atoms with E-state index in [1.807, 2.05) is 0 Å². The minimum absolute atomic E-state index is 0.0418. The number of aryl methyl sites for hydroxylation is 2. The number of primary amides is 1. The lowest BCUT2D eigenvalue weighted by molar-refractivity contribution is -0.0202. The van der Waals surface area contributed by atoms with E-state index in [2.05, 4.69) is 37.5 Å². The number of nitrogens with zero attached hydrogens (tertiary/aromatic N) is 1. The number of hydrogen-bond acceptors (Lipinski definition) is 3. The van der Waals surface area contributed by atoms with Crippen molar-refractivity contribution in [2.45, 2.75) is 45.3 Å². The maximum atomic E-state index is 12.9. The van der Waals surface area contributed by atoms with Crippen LogP contribution in [0, 0.1) is 19.8 Å². The zero-order valence-electron chi connectivity index (χ0n) is 15.1. The molecule has 2 aliphatic heterocycles. The van der Waals surface area contributed by atoms with Gasteiger partial charge in [0.1, 0.15) is 12.8 Å². The summed E-state index contributed by atoms with van der Waals surface area (Å²) in [6, 6.07) is 4.77. The lowest BCUT2D eigenvalue weighted by atomic mass is 9.79. The summed E-state index contributed by atoms with van der Waals surface area (Å²) in [7, 11) is 0. The fraction of sp³-hybridized carbons (Fsp3) is 0.550. The molecule has 0 unspecified atom stereocenters. The van der Waals surface area contributed by atoms with Gasteiger partial charge in [0.05, 0.1) is 0 Å². The van der Waals surface area contributed by atoms with E-state index in [0.29, 0.717) is 18.4 Å². The molecule has 1 saturated heterocycles. The number of halogens is 1. The second-order valence-electron chi connectivity index (χ2n) is 7.45. The molecular formula is C20H27FN2O2. The van der Waals surface area contributed by atoms with E-state index in [1.54, 1.807) is 0 Å². The van der Waals surface area contributed by atoms with Gasteiger partial charge in [0.25, 0.3) is 0 Å². The molecule has 2 heterocycles. The van der Waals surface area contributed by atoms with Gasteiger partial charge in [0, 0.05) is 31.5 Å². The molecule has 2 N–H and O–H groups in total. The van der Waals surface area contributed by atoms with Crippen molar-refractivity contribution in [3.8, 4) is 0 Å². The Balaban J connectivity index is 1.87. The summed E-state index contributed by atoms with van der Waals surface area (Å²) < 4.78 is 18.3. The molecule has 1 aromatic rings. The van der Waals surface area contributed by atoms with Crippen LogP contribution in [0.25, 0.3) is 0 Å². The highest BCUT2D eigenvalue weighted by atomic mass is 19.1. The van der Waals surface area contributed by atoms with Crippen LogP contribution < -0.4 is 5.73 Å². The average Bonchev–Trinajstić information content (AvgIpc) is 2.56. The lowest BCUT2D eigenvalue weighted by Gasteiger charge is -2.47. The number of allylic oxidation sites excluding steroid dienone is 1. The second-order valence-corrected chi connectivity index (χ2v) is 7.45. The van der Waals surface area contributed by atoms with E-state index in [9.17, 15) is 9.18 Å². The zero-order valence-corrected chi connectivity index (χ0v) is 15.1. The molecule has 0 radical (unpaired) electrons. The van der Waals surface area contributed by atoms with E-state index in [-0.39, 0.29) is 18.1 Å². The van der Waals surface area contributed by atoms with Crippen molar-refractivity contribution in [2.75, 3.05) is 19.8 Å². The summed E-state index contributed by atoms with van der Waals surface area (Å²) in [4.78, 5) is 13.8. The first-order chi connectivity index (χ1) is 11.9. The summed E-state index contributed by atoms with van der Waals surface area (Å²) in [5, 5.41) is 0. The Morgan fingerprint density at radius 1 is 1.40 bits per heavy atom. The monoisotopic (exact) mass is 346 g/mol. The van der Waals surface area contributed by atoms with Gasteiger partial charge in [-0.1, -0.05) is 18.7 Å². The van der Waals surface area contributed by atoms with E-state index >= 15 is 0 Å². The Kier molecular flexibility index (Phi) is 5.13. The lowest BCUT2D eigenvalue weighted by Crippen LogP contribution is -2.49.